The second-order valence-electron chi connectivity index (χ2n) is 8.38. The first-order valence-corrected chi connectivity index (χ1v) is 11.1. The molecule has 1 aliphatic rings. The van der Waals surface area contributed by atoms with Crippen LogP contribution in [0.1, 0.15) is 52.8 Å². The predicted molar refractivity (Wildman–Crippen MR) is 126 cm³/mol. The van der Waals surface area contributed by atoms with E-state index in [2.05, 4.69) is 15.6 Å². The predicted octanol–water partition coefficient (Wildman–Crippen LogP) is 4.46. The van der Waals surface area contributed by atoms with Gasteiger partial charge in [-0.1, -0.05) is 25.3 Å². The van der Waals surface area contributed by atoms with Gasteiger partial charge in [0.05, 0.1) is 5.56 Å². The van der Waals surface area contributed by atoms with E-state index < -0.39 is 11.7 Å². The number of halogens is 1. The maximum Gasteiger partial charge on any atom is 0.256 e. The Bertz CT molecular complexity index is 1210. The number of aromatic nitrogens is 1. The van der Waals surface area contributed by atoms with E-state index >= 15 is 0 Å². The Morgan fingerprint density at radius 1 is 1.03 bits per heavy atom. The monoisotopic (exact) mass is 450 g/mol. The number of H-pyrrole nitrogens is 1. The first kappa shape index (κ1) is 22.5. The molecule has 7 nitrogen and oxygen atoms in total. The minimum Gasteiger partial charge on any atom is -0.355 e. The van der Waals surface area contributed by atoms with Crippen molar-refractivity contribution >= 4 is 40.1 Å². The second-order valence-corrected chi connectivity index (χ2v) is 8.38. The van der Waals surface area contributed by atoms with Gasteiger partial charge in [0.2, 0.25) is 5.91 Å². The van der Waals surface area contributed by atoms with Crippen molar-refractivity contribution in [1.29, 1.82) is 0 Å². The molecule has 3 N–H and O–H groups in total. The summed E-state index contributed by atoms with van der Waals surface area (Å²) in [5.74, 6) is -1.12. The van der Waals surface area contributed by atoms with Gasteiger partial charge in [0.1, 0.15) is 11.6 Å². The van der Waals surface area contributed by atoms with E-state index in [0.29, 0.717) is 16.6 Å². The number of nitrogens with zero attached hydrogens (tertiary/aromatic N) is 1. The molecule has 1 aromatic heterocycles. The average Bonchev–Trinajstić information content (AvgIpc) is 3.20. The van der Waals surface area contributed by atoms with Gasteiger partial charge < -0.3 is 20.5 Å². The third kappa shape index (κ3) is 4.60. The smallest absolute Gasteiger partial charge is 0.256 e. The molecule has 0 aliphatic heterocycles. The molecule has 0 bridgehead atoms. The van der Waals surface area contributed by atoms with Crippen LogP contribution in [-0.2, 0) is 4.79 Å². The molecule has 2 aromatic carbocycles. The Kier molecular flexibility index (Phi) is 6.44. The van der Waals surface area contributed by atoms with Crippen molar-refractivity contribution in [2.75, 3.05) is 24.3 Å². The summed E-state index contributed by atoms with van der Waals surface area (Å²) in [4.78, 5) is 43.0. The van der Waals surface area contributed by atoms with E-state index in [0.717, 1.165) is 31.7 Å². The lowest BCUT2D eigenvalue weighted by Crippen LogP contribution is -2.33. The number of aromatic amines is 1. The number of fused-ring (bicyclic) bond motifs is 1. The lowest BCUT2D eigenvalue weighted by Gasteiger charge is -2.26. The Balaban J connectivity index is 1.66. The summed E-state index contributed by atoms with van der Waals surface area (Å²) in [6.07, 6.45) is 5.14. The van der Waals surface area contributed by atoms with Gasteiger partial charge in [0.15, 0.2) is 0 Å². The van der Waals surface area contributed by atoms with Crippen LogP contribution in [0.4, 0.5) is 15.9 Å². The zero-order chi connectivity index (χ0) is 23.5. The molecule has 8 heteroatoms. The highest BCUT2D eigenvalue weighted by molar-refractivity contribution is 6.16. The first-order chi connectivity index (χ1) is 15.9. The van der Waals surface area contributed by atoms with Crippen LogP contribution in [0, 0.1) is 11.7 Å². The zero-order valence-corrected chi connectivity index (χ0v) is 18.7. The molecular formula is C25H27FN4O3. The highest BCUT2D eigenvalue weighted by atomic mass is 19.1. The highest BCUT2D eigenvalue weighted by Gasteiger charge is 2.26. The van der Waals surface area contributed by atoms with E-state index in [9.17, 15) is 18.8 Å². The number of amides is 3. The quantitative estimate of drug-likeness (QED) is 0.536. The summed E-state index contributed by atoms with van der Waals surface area (Å²) in [6.45, 7) is 0. The van der Waals surface area contributed by atoms with E-state index in [1.807, 2.05) is 0 Å². The fourth-order valence-corrected chi connectivity index (χ4v) is 4.41. The maximum absolute atomic E-state index is 13.5. The number of carbonyl (C=O) groups excluding carboxylic acids is 3. The topological polar surface area (TPSA) is 94.3 Å². The second kappa shape index (κ2) is 9.44. The largest absolute Gasteiger partial charge is 0.355 e. The average molecular weight is 451 g/mol. The first-order valence-electron chi connectivity index (χ1n) is 11.1. The van der Waals surface area contributed by atoms with E-state index in [1.54, 1.807) is 30.1 Å². The van der Waals surface area contributed by atoms with E-state index in [1.165, 1.54) is 31.7 Å². The van der Waals surface area contributed by atoms with Gasteiger partial charge in [0.25, 0.3) is 11.8 Å². The minimum atomic E-state index is -0.545. The van der Waals surface area contributed by atoms with Gasteiger partial charge in [-0.25, -0.2) is 4.39 Å². The summed E-state index contributed by atoms with van der Waals surface area (Å²) >= 11 is 0. The fourth-order valence-electron chi connectivity index (χ4n) is 4.41. The lowest BCUT2D eigenvalue weighted by molar-refractivity contribution is -0.123. The van der Waals surface area contributed by atoms with Crippen LogP contribution in [0.25, 0.3) is 10.9 Å². The van der Waals surface area contributed by atoms with Gasteiger partial charge in [-0.15, -0.1) is 0 Å². The summed E-state index contributed by atoms with van der Waals surface area (Å²) in [6, 6.07) is 10.7. The SMILES string of the molecule is CNC(=O)c1c(NC(=O)c2cccc(F)c2)[nH]c2cc(N(C)C(=O)C3CCCCC3)ccc12. The molecule has 3 amide bonds. The summed E-state index contributed by atoms with van der Waals surface area (Å²) < 4.78 is 13.5. The van der Waals surface area contributed by atoms with Crippen molar-refractivity contribution in [1.82, 2.24) is 10.3 Å². The normalized spacial score (nSPS) is 14.2. The van der Waals surface area contributed by atoms with Gasteiger partial charge in [-0.05, 0) is 49.2 Å². The van der Waals surface area contributed by atoms with Crippen molar-refractivity contribution in [3.8, 4) is 0 Å². The number of hydrogen-bond donors (Lipinski definition) is 3. The van der Waals surface area contributed by atoms with Gasteiger partial charge >= 0.3 is 0 Å². The summed E-state index contributed by atoms with van der Waals surface area (Å²) in [7, 11) is 3.26. The number of nitrogens with one attached hydrogen (secondary N) is 3. The van der Waals surface area contributed by atoms with Crippen LogP contribution >= 0.6 is 0 Å². The summed E-state index contributed by atoms with van der Waals surface area (Å²) in [5, 5.41) is 5.87. The zero-order valence-electron chi connectivity index (χ0n) is 18.7. The third-order valence-corrected chi connectivity index (χ3v) is 6.23. The molecule has 1 aliphatic carbocycles. The Labute approximate surface area is 191 Å². The molecule has 33 heavy (non-hydrogen) atoms. The molecule has 1 fully saturated rings. The van der Waals surface area contributed by atoms with Crippen LogP contribution in [0.5, 0.6) is 0 Å². The number of benzene rings is 2. The molecule has 4 rings (SSSR count). The van der Waals surface area contributed by atoms with Gasteiger partial charge in [-0.2, -0.15) is 0 Å². The van der Waals surface area contributed by atoms with Crippen LogP contribution in [0.15, 0.2) is 42.5 Å². The molecule has 0 atom stereocenters. The van der Waals surface area contributed by atoms with E-state index in [-0.39, 0.29) is 34.7 Å². The molecular weight excluding hydrogens is 423 g/mol. The Morgan fingerprint density at radius 3 is 2.48 bits per heavy atom. The standard InChI is InChI=1S/C25H27FN4O3/c1-27-24(32)21-19-12-11-18(30(2)25(33)15-7-4-3-5-8-15)14-20(19)28-22(21)29-23(31)16-9-6-10-17(26)13-16/h6,9-15,28H,3-5,7-8H2,1-2H3,(H,27,32)(H,29,31). The van der Waals surface area contributed by atoms with Gasteiger partial charge in [-0.3, -0.25) is 14.4 Å². The summed E-state index contributed by atoms with van der Waals surface area (Å²) in [5.41, 5.74) is 1.70. The Morgan fingerprint density at radius 2 is 1.79 bits per heavy atom. The van der Waals surface area contributed by atoms with Crippen molar-refractivity contribution in [2.45, 2.75) is 32.1 Å². The molecule has 172 valence electrons. The number of rotatable bonds is 5. The molecule has 1 heterocycles. The lowest BCUT2D eigenvalue weighted by atomic mass is 9.88. The minimum absolute atomic E-state index is 0.0330. The molecule has 0 unspecified atom stereocenters. The maximum atomic E-state index is 13.5. The van der Waals surface area contributed by atoms with Crippen molar-refractivity contribution in [2.24, 2.45) is 5.92 Å². The molecule has 0 saturated heterocycles. The number of hydrogen-bond acceptors (Lipinski definition) is 3. The molecule has 0 radical (unpaired) electrons. The van der Waals surface area contributed by atoms with Crippen molar-refractivity contribution in [3.63, 3.8) is 0 Å². The van der Waals surface area contributed by atoms with Crippen LogP contribution in [0.2, 0.25) is 0 Å². The molecule has 1 saturated carbocycles. The van der Waals surface area contributed by atoms with Crippen LogP contribution in [0.3, 0.4) is 0 Å². The van der Waals surface area contributed by atoms with Crippen molar-refractivity contribution in [3.05, 3.63) is 59.4 Å². The highest BCUT2D eigenvalue weighted by Crippen LogP contribution is 2.32. The molecule has 3 aromatic rings. The Hall–Kier alpha value is -3.68. The van der Waals surface area contributed by atoms with Crippen LogP contribution in [-0.4, -0.2) is 36.8 Å². The third-order valence-electron chi connectivity index (χ3n) is 6.23. The molecule has 0 spiro atoms. The van der Waals surface area contributed by atoms with Crippen LogP contribution < -0.4 is 15.5 Å². The number of carbonyl (C=O) groups is 3. The van der Waals surface area contributed by atoms with Gasteiger partial charge in [0, 0.05) is 42.2 Å². The van der Waals surface area contributed by atoms with E-state index in [4.69, 9.17) is 0 Å². The van der Waals surface area contributed by atoms with Crippen molar-refractivity contribution < 1.29 is 18.8 Å². The number of anilines is 2. The fraction of sp³-hybridized carbons (Fsp3) is 0.320.